The van der Waals surface area contributed by atoms with Crippen LogP contribution < -0.4 is 11.1 Å². The van der Waals surface area contributed by atoms with Crippen molar-refractivity contribution in [2.24, 2.45) is 11.7 Å². The van der Waals surface area contributed by atoms with Crippen molar-refractivity contribution in [2.45, 2.75) is 63.7 Å². The molecule has 4 N–H and O–H groups in total. The van der Waals surface area contributed by atoms with Gasteiger partial charge in [0.25, 0.3) is 0 Å². The van der Waals surface area contributed by atoms with Crippen LogP contribution in [0.1, 0.15) is 39.5 Å². The Hall–Kier alpha value is -1.81. The van der Waals surface area contributed by atoms with E-state index >= 15 is 0 Å². The van der Waals surface area contributed by atoms with Crippen LogP contribution in [0.5, 0.6) is 0 Å². The van der Waals surface area contributed by atoms with E-state index in [1.54, 1.807) is 13.8 Å². The van der Waals surface area contributed by atoms with Crippen LogP contribution in [-0.4, -0.2) is 81.6 Å². The van der Waals surface area contributed by atoms with Gasteiger partial charge in [0.15, 0.2) is 0 Å². The van der Waals surface area contributed by atoms with E-state index in [9.17, 15) is 24.3 Å². The smallest absolute Gasteiger partial charge is 0.326 e. The molecule has 4 atom stereocenters. The van der Waals surface area contributed by atoms with Crippen LogP contribution in [0.3, 0.4) is 0 Å². The van der Waals surface area contributed by atoms with Crippen LogP contribution in [0.2, 0.25) is 0 Å². The van der Waals surface area contributed by atoms with Crippen molar-refractivity contribution in [1.82, 2.24) is 15.1 Å². The van der Waals surface area contributed by atoms with Crippen molar-refractivity contribution in [3.05, 3.63) is 0 Å². The number of hydrogen-bond donors (Lipinski definition) is 4. The van der Waals surface area contributed by atoms with E-state index in [0.717, 1.165) is 0 Å². The Balaban J connectivity index is 2.11. The highest BCUT2D eigenvalue weighted by molar-refractivity contribution is 7.80. The van der Waals surface area contributed by atoms with Crippen LogP contribution in [0.4, 0.5) is 0 Å². The fraction of sp³-hybridized carbons (Fsp3) is 0.778. The van der Waals surface area contributed by atoms with E-state index in [4.69, 9.17) is 5.73 Å². The van der Waals surface area contributed by atoms with Gasteiger partial charge in [-0.2, -0.15) is 12.6 Å². The molecule has 0 bridgehead atoms. The molecule has 3 amide bonds. The molecule has 0 aromatic heterocycles. The first-order valence-electron chi connectivity index (χ1n) is 9.69. The van der Waals surface area contributed by atoms with Gasteiger partial charge in [0.2, 0.25) is 17.7 Å². The first-order chi connectivity index (χ1) is 13.2. The van der Waals surface area contributed by atoms with E-state index in [1.807, 2.05) is 0 Å². The summed E-state index contributed by atoms with van der Waals surface area (Å²) in [5.41, 5.74) is 5.77. The molecular weight excluding hydrogens is 384 g/mol. The summed E-state index contributed by atoms with van der Waals surface area (Å²) < 4.78 is 0. The van der Waals surface area contributed by atoms with Gasteiger partial charge in [-0.15, -0.1) is 0 Å². The van der Waals surface area contributed by atoms with Gasteiger partial charge < -0.3 is 26.0 Å². The number of carbonyl (C=O) groups is 4. The molecular formula is C18H30N4O5S. The average molecular weight is 415 g/mol. The maximum Gasteiger partial charge on any atom is 0.326 e. The normalized spacial score (nSPS) is 24.3. The zero-order valence-corrected chi connectivity index (χ0v) is 17.2. The Morgan fingerprint density at radius 2 is 1.61 bits per heavy atom. The van der Waals surface area contributed by atoms with Gasteiger partial charge in [-0.25, -0.2) is 4.79 Å². The molecule has 9 nitrogen and oxygen atoms in total. The van der Waals surface area contributed by atoms with Gasteiger partial charge in [0.05, 0.1) is 6.04 Å². The summed E-state index contributed by atoms with van der Waals surface area (Å²) in [6.45, 7) is 4.39. The second-order valence-electron chi connectivity index (χ2n) is 7.74. The Labute approximate surface area is 170 Å². The molecule has 2 heterocycles. The summed E-state index contributed by atoms with van der Waals surface area (Å²) in [6, 6.07) is -3.16. The van der Waals surface area contributed by atoms with E-state index < -0.39 is 42.0 Å². The number of amides is 3. The fourth-order valence-electron chi connectivity index (χ4n) is 3.82. The minimum absolute atomic E-state index is 0.183. The highest BCUT2D eigenvalue weighted by Crippen LogP contribution is 2.22. The lowest BCUT2D eigenvalue weighted by atomic mass is 10.0. The number of nitrogens with two attached hydrogens (primary N) is 1. The number of nitrogens with zero attached hydrogens (tertiary/aromatic N) is 2. The Morgan fingerprint density at radius 1 is 1.07 bits per heavy atom. The number of aliphatic carboxylic acids is 1. The highest BCUT2D eigenvalue weighted by Gasteiger charge is 2.41. The van der Waals surface area contributed by atoms with Gasteiger partial charge in [-0.05, 0) is 31.6 Å². The molecule has 0 radical (unpaired) electrons. The molecule has 2 aliphatic rings. The Kier molecular flexibility index (Phi) is 7.70. The van der Waals surface area contributed by atoms with Crippen LogP contribution >= 0.6 is 12.6 Å². The molecule has 2 rings (SSSR count). The van der Waals surface area contributed by atoms with Crippen LogP contribution in [0, 0.1) is 5.92 Å². The third kappa shape index (κ3) is 4.78. The van der Waals surface area contributed by atoms with Crippen LogP contribution in [0.15, 0.2) is 0 Å². The molecule has 0 aromatic rings. The fourth-order valence-corrected chi connectivity index (χ4v) is 3.98. The minimum Gasteiger partial charge on any atom is -0.480 e. The second-order valence-corrected chi connectivity index (χ2v) is 8.10. The number of likely N-dealkylation sites (tertiary alicyclic amines) is 2. The van der Waals surface area contributed by atoms with Gasteiger partial charge in [-0.3, -0.25) is 14.4 Å². The van der Waals surface area contributed by atoms with Crippen molar-refractivity contribution < 1.29 is 24.3 Å². The molecule has 0 spiro atoms. The van der Waals surface area contributed by atoms with Crippen LogP contribution in [-0.2, 0) is 19.2 Å². The quantitative estimate of drug-likeness (QED) is 0.413. The standard InChI is InChI=1S/C18H30N4O5S/c1-10(2)14(17(25)22-8-4-6-13(22)18(26)27)20-15(23)12-5-3-7-21(12)16(24)11(19)9-28/h10-14,28H,3-9,19H2,1-2H3,(H,20,23)(H,26,27). The molecule has 0 aliphatic carbocycles. The summed E-state index contributed by atoms with van der Waals surface area (Å²) >= 11 is 4.04. The number of rotatable bonds is 7. The first kappa shape index (κ1) is 22.5. The molecule has 2 fully saturated rings. The molecule has 0 aromatic carbocycles. The maximum atomic E-state index is 13.0. The van der Waals surface area contributed by atoms with E-state index in [0.29, 0.717) is 38.8 Å². The summed E-state index contributed by atoms with van der Waals surface area (Å²) in [5.74, 6) is -2.20. The summed E-state index contributed by atoms with van der Waals surface area (Å²) in [4.78, 5) is 52.4. The molecule has 28 heavy (non-hydrogen) atoms. The number of thiol groups is 1. The van der Waals surface area contributed by atoms with Crippen molar-refractivity contribution in [3.63, 3.8) is 0 Å². The zero-order chi connectivity index (χ0) is 21.0. The zero-order valence-electron chi connectivity index (χ0n) is 16.3. The van der Waals surface area contributed by atoms with E-state index in [1.165, 1.54) is 9.80 Å². The lowest BCUT2D eigenvalue weighted by molar-refractivity contribution is -0.150. The number of nitrogens with one attached hydrogen (secondary N) is 1. The summed E-state index contributed by atoms with van der Waals surface area (Å²) in [5, 5.41) is 12.1. The maximum absolute atomic E-state index is 13.0. The number of carboxylic acids is 1. The molecule has 2 aliphatic heterocycles. The van der Waals surface area contributed by atoms with Crippen molar-refractivity contribution in [2.75, 3.05) is 18.8 Å². The molecule has 10 heteroatoms. The predicted octanol–water partition coefficient (Wildman–Crippen LogP) is -0.549. The number of carbonyl (C=O) groups excluding carboxylic acids is 3. The largest absolute Gasteiger partial charge is 0.480 e. The van der Waals surface area contributed by atoms with Gasteiger partial charge in [-0.1, -0.05) is 13.8 Å². The lowest BCUT2D eigenvalue weighted by Gasteiger charge is -2.32. The minimum atomic E-state index is -1.03. The molecule has 158 valence electrons. The van der Waals surface area contributed by atoms with Crippen LogP contribution in [0.25, 0.3) is 0 Å². The summed E-state index contributed by atoms with van der Waals surface area (Å²) in [6.07, 6.45) is 2.20. The molecule has 0 saturated carbocycles. The monoisotopic (exact) mass is 414 g/mol. The Morgan fingerprint density at radius 3 is 2.11 bits per heavy atom. The Bertz CT molecular complexity index is 629. The second kappa shape index (κ2) is 9.60. The van der Waals surface area contributed by atoms with Crippen molar-refractivity contribution in [3.8, 4) is 0 Å². The number of carboxylic acid groups (broad SMARTS) is 1. The number of hydrogen-bond acceptors (Lipinski definition) is 6. The third-order valence-corrected chi connectivity index (χ3v) is 5.80. The average Bonchev–Trinajstić information content (AvgIpc) is 3.33. The molecule has 2 saturated heterocycles. The first-order valence-corrected chi connectivity index (χ1v) is 10.3. The molecule has 4 unspecified atom stereocenters. The van der Waals surface area contributed by atoms with Gasteiger partial charge in [0.1, 0.15) is 18.1 Å². The third-order valence-electron chi connectivity index (χ3n) is 5.40. The highest BCUT2D eigenvalue weighted by atomic mass is 32.1. The SMILES string of the molecule is CC(C)C(NC(=O)C1CCCN1C(=O)C(N)CS)C(=O)N1CCCC1C(=O)O. The van der Waals surface area contributed by atoms with E-state index in [-0.39, 0.29) is 17.6 Å². The van der Waals surface area contributed by atoms with E-state index in [2.05, 4.69) is 17.9 Å². The topological polar surface area (TPSA) is 133 Å². The van der Waals surface area contributed by atoms with Gasteiger partial charge in [0, 0.05) is 18.8 Å². The lowest BCUT2D eigenvalue weighted by Crippen LogP contribution is -2.58. The van der Waals surface area contributed by atoms with Crippen molar-refractivity contribution >= 4 is 36.3 Å². The van der Waals surface area contributed by atoms with Crippen molar-refractivity contribution in [1.29, 1.82) is 0 Å². The van der Waals surface area contributed by atoms with Gasteiger partial charge >= 0.3 is 5.97 Å². The summed E-state index contributed by atoms with van der Waals surface area (Å²) in [7, 11) is 0. The predicted molar refractivity (Wildman–Crippen MR) is 106 cm³/mol.